The zero-order valence-corrected chi connectivity index (χ0v) is 16.0. The van der Waals surface area contributed by atoms with Crippen molar-refractivity contribution in [3.05, 3.63) is 52.0 Å². The maximum Gasteiger partial charge on any atom is 0.204 e. The summed E-state index contributed by atoms with van der Waals surface area (Å²) in [5.41, 5.74) is 3.44. The van der Waals surface area contributed by atoms with Crippen molar-refractivity contribution in [1.29, 1.82) is 0 Å². The number of anilines is 1. The Morgan fingerprint density at radius 3 is 2.85 bits per heavy atom. The van der Waals surface area contributed by atoms with Crippen molar-refractivity contribution < 1.29 is 9.52 Å². The first-order valence-corrected chi connectivity index (χ1v) is 10.1. The second kappa shape index (κ2) is 7.58. The first-order valence-electron chi connectivity index (χ1n) is 9.20. The summed E-state index contributed by atoms with van der Waals surface area (Å²) in [6.45, 7) is 3.32. The third-order valence-electron chi connectivity index (χ3n) is 4.71. The summed E-state index contributed by atoms with van der Waals surface area (Å²) in [7, 11) is 0. The molecule has 0 radical (unpaired) electrons. The van der Waals surface area contributed by atoms with Gasteiger partial charge in [0.15, 0.2) is 11.5 Å². The fourth-order valence-electron chi connectivity index (χ4n) is 3.29. The number of aliphatic hydroxyl groups excluding tert-OH is 1. The first-order chi connectivity index (χ1) is 13.2. The molecule has 0 spiro atoms. The Morgan fingerprint density at radius 1 is 1.22 bits per heavy atom. The van der Waals surface area contributed by atoms with Gasteiger partial charge in [-0.05, 0) is 18.6 Å². The van der Waals surface area contributed by atoms with E-state index in [4.69, 9.17) is 4.42 Å². The molecule has 4 rings (SSSR count). The summed E-state index contributed by atoms with van der Waals surface area (Å²) in [6.07, 6.45) is 2.01. The topological polar surface area (TPSA) is 69.5 Å². The number of hydrogen-bond donors (Lipinski definition) is 2. The molecule has 27 heavy (non-hydrogen) atoms. The van der Waals surface area contributed by atoms with Crippen molar-refractivity contribution in [3.8, 4) is 11.3 Å². The monoisotopic (exact) mass is 382 g/mol. The maximum absolute atomic E-state index is 12.6. The number of aliphatic hydroxyl groups is 1. The Bertz CT molecular complexity index is 1090. The van der Waals surface area contributed by atoms with E-state index in [9.17, 15) is 9.90 Å². The van der Waals surface area contributed by atoms with E-state index in [0.717, 1.165) is 41.5 Å². The van der Waals surface area contributed by atoms with E-state index in [1.54, 1.807) is 6.07 Å². The molecule has 0 saturated carbocycles. The van der Waals surface area contributed by atoms with Crippen LogP contribution in [0.4, 0.5) is 5.88 Å². The number of nitrogens with zero attached hydrogens (tertiary/aromatic N) is 1. The minimum atomic E-state index is -0.0435. The molecule has 0 aliphatic carbocycles. The maximum atomic E-state index is 12.6. The van der Waals surface area contributed by atoms with Crippen LogP contribution in [0, 0.1) is 0 Å². The molecule has 0 atom stereocenters. The second-order valence-corrected chi connectivity index (χ2v) is 7.47. The van der Waals surface area contributed by atoms with Gasteiger partial charge in [0.1, 0.15) is 4.70 Å². The van der Waals surface area contributed by atoms with Crippen LogP contribution in [0.15, 0.2) is 51.0 Å². The third kappa shape index (κ3) is 3.38. The lowest BCUT2D eigenvalue weighted by Gasteiger charge is -2.21. The second-order valence-electron chi connectivity index (χ2n) is 6.59. The summed E-state index contributed by atoms with van der Waals surface area (Å²) in [6, 6.07) is 11.7. The van der Waals surface area contributed by atoms with Crippen LogP contribution >= 0.6 is 11.3 Å². The van der Waals surface area contributed by atoms with Gasteiger partial charge in [0.05, 0.1) is 17.9 Å². The Morgan fingerprint density at radius 2 is 2.07 bits per heavy atom. The standard InChI is InChI=1S/C21H22N2O3S/c1-2-3-8-23(9-10-24)19-12-18(25)21-20(26-19)15(13-27-21)17-11-14-6-4-5-7-16(14)22-17/h4-7,11-13,22,24H,2-3,8-10H2,1H3. The summed E-state index contributed by atoms with van der Waals surface area (Å²) in [5.74, 6) is 0.519. The molecule has 0 bridgehead atoms. The van der Waals surface area contributed by atoms with E-state index in [1.807, 2.05) is 28.5 Å². The van der Waals surface area contributed by atoms with Crippen LogP contribution in [0.5, 0.6) is 0 Å². The van der Waals surface area contributed by atoms with E-state index < -0.39 is 0 Å². The van der Waals surface area contributed by atoms with Crippen molar-refractivity contribution in [2.45, 2.75) is 19.8 Å². The lowest BCUT2D eigenvalue weighted by molar-refractivity contribution is 0.299. The van der Waals surface area contributed by atoms with Gasteiger partial charge < -0.3 is 19.4 Å². The Balaban J connectivity index is 1.83. The van der Waals surface area contributed by atoms with Gasteiger partial charge in [0, 0.05) is 35.4 Å². The molecule has 2 N–H and O–H groups in total. The van der Waals surface area contributed by atoms with E-state index in [2.05, 4.69) is 24.0 Å². The van der Waals surface area contributed by atoms with Crippen LogP contribution in [0.25, 0.3) is 32.4 Å². The van der Waals surface area contributed by atoms with Gasteiger partial charge in [-0.1, -0.05) is 31.5 Å². The summed E-state index contributed by atoms with van der Waals surface area (Å²) < 4.78 is 6.80. The molecule has 6 heteroatoms. The summed E-state index contributed by atoms with van der Waals surface area (Å²) in [5, 5.41) is 12.5. The van der Waals surface area contributed by atoms with Crippen LogP contribution in [0.1, 0.15) is 19.8 Å². The molecule has 0 aliphatic rings. The number of hydrogen-bond acceptors (Lipinski definition) is 5. The number of rotatable bonds is 7. The van der Waals surface area contributed by atoms with Crippen LogP contribution in [0.2, 0.25) is 0 Å². The Labute approximate surface area is 160 Å². The lowest BCUT2D eigenvalue weighted by Crippen LogP contribution is -2.28. The molecule has 5 nitrogen and oxygen atoms in total. The number of nitrogens with one attached hydrogen (secondary N) is 1. The van der Waals surface area contributed by atoms with Crippen molar-refractivity contribution in [2.24, 2.45) is 0 Å². The predicted octanol–water partition coefficient (Wildman–Crippen LogP) is 4.60. The molecule has 1 aromatic carbocycles. The molecule has 0 fully saturated rings. The number of unbranched alkanes of at least 4 members (excludes halogenated alkanes) is 1. The summed E-state index contributed by atoms with van der Waals surface area (Å²) in [4.78, 5) is 18.0. The average Bonchev–Trinajstić information content (AvgIpc) is 3.28. The SMILES string of the molecule is CCCCN(CCO)c1cc(=O)c2scc(-c3cc4ccccc4[nH]3)c2o1. The van der Waals surface area contributed by atoms with Crippen molar-refractivity contribution in [1.82, 2.24) is 4.98 Å². The van der Waals surface area contributed by atoms with Crippen molar-refractivity contribution >= 4 is 38.4 Å². The molecule has 0 saturated heterocycles. The van der Waals surface area contributed by atoms with Gasteiger partial charge in [-0.15, -0.1) is 11.3 Å². The average molecular weight is 382 g/mol. The highest BCUT2D eigenvalue weighted by Gasteiger charge is 2.17. The number of aromatic amines is 1. The number of thiophene rings is 1. The highest BCUT2D eigenvalue weighted by atomic mass is 32.1. The lowest BCUT2D eigenvalue weighted by atomic mass is 10.2. The predicted molar refractivity (Wildman–Crippen MR) is 112 cm³/mol. The summed E-state index contributed by atoms with van der Waals surface area (Å²) >= 11 is 1.40. The van der Waals surface area contributed by atoms with Gasteiger partial charge in [-0.2, -0.15) is 0 Å². The Hall–Kier alpha value is -2.57. The minimum absolute atomic E-state index is 0.0178. The van der Waals surface area contributed by atoms with Crippen LogP contribution < -0.4 is 10.3 Å². The van der Waals surface area contributed by atoms with Gasteiger partial charge in [0.25, 0.3) is 0 Å². The Kier molecular flexibility index (Phi) is 5.01. The van der Waals surface area contributed by atoms with Gasteiger partial charge in [-0.25, -0.2) is 0 Å². The molecule has 3 heterocycles. The number of fused-ring (bicyclic) bond motifs is 2. The molecule has 0 aliphatic heterocycles. The molecule has 0 unspecified atom stereocenters. The smallest absolute Gasteiger partial charge is 0.204 e. The van der Waals surface area contributed by atoms with Crippen LogP contribution in [0.3, 0.4) is 0 Å². The van der Waals surface area contributed by atoms with E-state index in [1.165, 1.54) is 11.3 Å². The van der Waals surface area contributed by atoms with E-state index in [-0.39, 0.29) is 12.0 Å². The minimum Gasteiger partial charge on any atom is -0.439 e. The number of benzene rings is 1. The number of aromatic nitrogens is 1. The highest BCUT2D eigenvalue weighted by Crippen LogP contribution is 2.35. The van der Waals surface area contributed by atoms with Crippen molar-refractivity contribution in [3.63, 3.8) is 0 Å². The highest BCUT2D eigenvalue weighted by molar-refractivity contribution is 7.17. The third-order valence-corrected chi connectivity index (χ3v) is 5.69. The largest absolute Gasteiger partial charge is 0.439 e. The number of para-hydroxylation sites is 1. The van der Waals surface area contributed by atoms with E-state index in [0.29, 0.717) is 22.7 Å². The normalized spacial score (nSPS) is 11.5. The molecular weight excluding hydrogens is 360 g/mol. The molecule has 4 aromatic rings. The van der Waals surface area contributed by atoms with Gasteiger partial charge in [-0.3, -0.25) is 4.79 Å². The van der Waals surface area contributed by atoms with E-state index >= 15 is 0 Å². The quantitative estimate of drug-likeness (QED) is 0.490. The fourth-order valence-corrected chi connectivity index (χ4v) is 4.20. The fraction of sp³-hybridized carbons (Fsp3) is 0.286. The number of H-pyrrole nitrogens is 1. The first kappa shape index (κ1) is 17.8. The van der Waals surface area contributed by atoms with Crippen molar-refractivity contribution in [2.75, 3.05) is 24.6 Å². The zero-order chi connectivity index (χ0) is 18.8. The molecular formula is C21H22N2O3S. The molecule has 3 aromatic heterocycles. The van der Waals surface area contributed by atoms with Crippen LogP contribution in [-0.2, 0) is 0 Å². The van der Waals surface area contributed by atoms with Gasteiger partial charge >= 0.3 is 0 Å². The molecule has 140 valence electrons. The zero-order valence-electron chi connectivity index (χ0n) is 15.2. The molecule has 0 amide bonds. The van der Waals surface area contributed by atoms with Crippen LogP contribution in [-0.4, -0.2) is 29.8 Å². The van der Waals surface area contributed by atoms with Gasteiger partial charge in [0.2, 0.25) is 5.43 Å².